The first-order valence-electron chi connectivity index (χ1n) is 5.86. The second-order valence-electron chi connectivity index (χ2n) is 4.15. The molecule has 0 aromatic carbocycles. The monoisotopic (exact) mass is 221 g/mol. The third kappa shape index (κ3) is 2.08. The molecule has 1 N–H and O–H groups in total. The largest absolute Gasteiger partial charge is 0.373 e. The summed E-state index contributed by atoms with van der Waals surface area (Å²) < 4.78 is 5.39. The summed E-state index contributed by atoms with van der Waals surface area (Å²) in [6.07, 6.45) is 1.96. The Balaban J connectivity index is 2.38. The van der Waals surface area contributed by atoms with E-state index in [1.807, 2.05) is 0 Å². The third-order valence-corrected chi connectivity index (χ3v) is 3.10. The molecule has 2 rings (SSSR count). The molecular weight excluding hydrogens is 202 g/mol. The topological polar surface area (TPSA) is 47.0 Å². The van der Waals surface area contributed by atoms with Gasteiger partial charge in [-0.2, -0.15) is 0 Å². The minimum Gasteiger partial charge on any atom is -0.373 e. The van der Waals surface area contributed by atoms with Crippen LogP contribution in [0, 0.1) is 6.92 Å². The quantitative estimate of drug-likeness (QED) is 0.841. The Labute approximate surface area is 96.4 Å². The fourth-order valence-electron chi connectivity index (χ4n) is 2.17. The highest BCUT2D eigenvalue weighted by Crippen LogP contribution is 2.21. The molecule has 4 nitrogen and oxygen atoms in total. The van der Waals surface area contributed by atoms with Gasteiger partial charge in [-0.1, -0.05) is 6.92 Å². The second-order valence-corrected chi connectivity index (χ2v) is 4.15. The highest BCUT2D eigenvalue weighted by Gasteiger charge is 2.18. The van der Waals surface area contributed by atoms with Crippen molar-refractivity contribution < 1.29 is 4.74 Å². The van der Waals surface area contributed by atoms with Crippen LogP contribution >= 0.6 is 0 Å². The van der Waals surface area contributed by atoms with E-state index in [1.165, 1.54) is 5.56 Å². The molecule has 88 valence electrons. The van der Waals surface area contributed by atoms with Gasteiger partial charge in [0.15, 0.2) is 5.82 Å². The zero-order chi connectivity index (χ0) is 11.5. The maximum Gasteiger partial charge on any atom is 0.157 e. The van der Waals surface area contributed by atoms with Gasteiger partial charge in [-0.25, -0.2) is 9.97 Å². The summed E-state index contributed by atoms with van der Waals surface area (Å²) in [5, 5.41) is 3.34. The maximum absolute atomic E-state index is 5.39. The molecule has 0 bridgehead atoms. The summed E-state index contributed by atoms with van der Waals surface area (Å²) in [4.78, 5) is 9.18. The fraction of sp³-hybridized carbons (Fsp3) is 0.667. The first-order chi connectivity index (χ1) is 7.76. The average Bonchev–Trinajstić information content (AvgIpc) is 2.31. The van der Waals surface area contributed by atoms with Crippen LogP contribution in [0.1, 0.15) is 42.2 Å². The highest BCUT2D eigenvalue weighted by molar-refractivity contribution is 5.27. The summed E-state index contributed by atoms with van der Waals surface area (Å²) in [5.74, 6) is 0.824. The molecule has 0 saturated heterocycles. The van der Waals surface area contributed by atoms with E-state index in [1.54, 1.807) is 7.11 Å². The van der Waals surface area contributed by atoms with Gasteiger partial charge in [0, 0.05) is 19.3 Å². The molecule has 1 aliphatic heterocycles. The number of aryl methyl sites for hydroxylation is 1. The fourth-order valence-corrected chi connectivity index (χ4v) is 2.17. The Kier molecular flexibility index (Phi) is 3.51. The van der Waals surface area contributed by atoms with Gasteiger partial charge in [0.05, 0.1) is 5.69 Å². The van der Waals surface area contributed by atoms with Crippen LogP contribution in [0.3, 0.4) is 0 Å². The van der Waals surface area contributed by atoms with Crippen LogP contribution in [0.5, 0.6) is 0 Å². The Morgan fingerprint density at radius 2 is 2.25 bits per heavy atom. The molecule has 1 unspecified atom stereocenters. The van der Waals surface area contributed by atoms with Crippen molar-refractivity contribution >= 4 is 0 Å². The summed E-state index contributed by atoms with van der Waals surface area (Å²) in [6, 6.07) is 0. The molecule has 0 saturated carbocycles. The standard InChI is InChI=1S/C12H19N3O/c1-4-11(16-3)12-14-8(2)9-5-6-13-7-10(9)15-12/h11,13H,4-7H2,1-3H3. The van der Waals surface area contributed by atoms with Crippen LogP contribution in [0.15, 0.2) is 0 Å². The van der Waals surface area contributed by atoms with E-state index in [0.29, 0.717) is 0 Å². The molecule has 0 amide bonds. The van der Waals surface area contributed by atoms with Crippen molar-refractivity contribution in [2.45, 2.75) is 39.3 Å². The smallest absolute Gasteiger partial charge is 0.157 e. The first kappa shape index (κ1) is 11.5. The van der Waals surface area contributed by atoms with Crippen LogP contribution in [0.4, 0.5) is 0 Å². The van der Waals surface area contributed by atoms with E-state index in [-0.39, 0.29) is 6.10 Å². The van der Waals surface area contributed by atoms with Gasteiger partial charge in [0.1, 0.15) is 6.10 Å². The predicted molar refractivity (Wildman–Crippen MR) is 62.2 cm³/mol. The zero-order valence-electron chi connectivity index (χ0n) is 10.2. The third-order valence-electron chi connectivity index (χ3n) is 3.10. The van der Waals surface area contributed by atoms with E-state index in [2.05, 4.69) is 29.1 Å². The number of hydrogen-bond acceptors (Lipinski definition) is 4. The van der Waals surface area contributed by atoms with Gasteiger partial charge in [-0.15, -0.1) is 0 Å². The SMILES string of the molecule is CCC(OC)c1nc(C)c2c(n1)CNCC2. The molecule has 4 heteroatoms. The molecule has 0 radical (unpaired) electrons. The number of fused-ring (bicyclic) bond motifs is 1. The van der Waals surface area contributed by atoms with Gasteiger partial charge >= 0.3 is 0 Å². The molecule has 1 aliphatic rings. The van der Waals surface area contributed by atoms with Crippen molar-refractivity contribution in [2.24, 2.45) is 0 Å². The Bertz CT molecular complexity index is 375. The number of nitrogens with one attached hydrogen (secondary N) is 1. The van der Waals surface area contributed by atoms with E-state index in [0.717, 1.165) is 43.1 Å². The van der Waals surface area contributed by atoms with Gasteiger partial charge in [-0.3, -0.25) is 0 Å². The van der Waals surface area contributed by atoms with E-state index < -0.39 is 0 Å². The van der Waals surface area contributed by atoms with Crippen LogP contribution in [0.2, 0.25) is 0 Å². The molecular formula is C12H19N3O. The van der Waals surface area contributed by atoms with E-state index in [4.69, 9.17) is 4.74 Å². The Morgan fingerprint density at radius 3 is 2.94 bits per heavy atom. The Morgan fingerprint density at radius 1 is 1.44 bits per heavy atom. The first-order valence-corrected chi connectivity index (χ1v) is 5.86. The number of hydrogen-bond donors (Lipinski definition) is 1. The number of ether oxygens (including phenoxy) is 1. The lowest BCUT2D eigenvalue weighted by molar-refractivity contribution is 0.0921. The summed E-state index contributed by atoms with van der Waals surface area (Å²) in [6.45, 7) is 6.03. The van der Waals surface area contributed by atoms with Crippen LogP contribution < -0.4 is 5.32 Å². The van der Waals surface area contributed by atoms with Crippen LogP contribution in [-0.4, -0.2) is 23.6 Å². The highest BCUT2D eigenvalue weighted by atomic mass is 16.5. The average molecular weight is 221 g/mol. The molecule has 0 spiro atoms. The van der Waals surface area contributed by atoms with Crippen molar-refractivity contribution in [3.8, 4) is 0 Å². The van der Waals surface area contributed by atoms with Crippen LogP contribution in [-0.2, 0) is 17.7 Å². The van der Waals surface area contributed by atoms with E-state index >= 15 is 0 Å². The molecule has 0 aliphatic carbocycles. The lowest BCUT2D eigenvalue weighted by atomic mass is 10.0. The maximum atomic E-state index is 5.39. The minimum absolute atomic E-state index is 0.0194. The molecule has 2 heterocycles. The Hall–Kier alpha value is -1.00. The zero-order valence-corrected chi connectivity index (χ0v) is 10.2. The normalized spacial score (nSPS) is 16.9. The minimum atomic E-state index is 0.0194. The number of nitrogens with zero attached hydrogens (tertiary/aromatic N) is 2. The van der Waals surface area contributed by atoms with Crippen molar-refractivity contribution in [1.82, 2.24) is 15.3 Å². The number of rotatable bonds is 3. The number of aromatic nitrogens is 2. The van der Waals surface area contributed by atoms with Crippen molar-refractivity contribution in [1.29, 1.82) is 0 Å². The second kappa shape index (κ2) is 4.89. The molecule has 1 aromatic heterocycles. The van der Waals surface area contributed by atoms with Crippen molar-refractivity contribution in [2.75, 3.05) is 13.7 Å². The van der Waals surface area contributed by atoms with Gasteiger partial charge < -0.3 is 10.1 Å². The predicted octanol–water partition coefficient (Wildman–Crippen LogP) is 1.53. The molecule has 1 atom stereocenters. The van der Waals surface area contributed by atoms with Crippen molar-refractivity contribution in [3.63, 3.8) is 0 Å². The molecule has 0 fully saturated rings. The van der Waals surface area contributed by atoms with Crippen LogP contribution in [0.25, 0.3) is 0 Å². The summed E-state index contributed by atoms with van der Waals surface area (Å²) >= 11 is 0. The molecule has 16 heavy (non-hydrogen) atoms. The van der Waals surface area contributed by atoms with Gasteiger partial charge in [0.25, 0.3) is 0 Å². The molecule has 1 aromatic rings. The van der Waals surface area contributed by atoms with Gasteiger partial charge in [-0.05, 0) is 31.9 Å². The van der Waals surface area contributed by atoms with Crippen molar-refractivity contribution in [3.05, 3.63) is 22.8 Å². The summed E-state index contributed by atoms with van der Waals surface area (Å²) in [7, 11) is 1.71. The lowest BCUT2D eigenvalue weighted by Gasteiger charge is -2.20. The summed E-state index contributed by atoms with van der Waals surface area (Å²) in [5.41, 5.74) is 3.56. The van der Waals surface area contributed by atoms with Gasteiger partial charge in [0.2, 0.25) is 0 Å². The van der Waals surface area contributed by atoms with E-state index in [9.17, 15) is 0 Å². The lowest BCUT2D eigenvalue weighted by Crippen LogP contribution is -2.27. The number of methoxy groups -OCH3 is 1.